The SMILES string of the molecule is Cc1ccc(NN=C(C(=O)N2CCCC2)S(=O)(=O)c2ccccc2F)cc1. The standard InChI is InChI=1S/C19H20FN3O3S/c1-14-8-10-15(11-9-14)21-22-18(19(24)23-12-4-5-13-23)27(25,26)17-7-3-2-6-16(17)20/h2-3,6-11,21H,4-5,12-13H2,1H3. The predicted molar refractivity (Wildman–Crippen MR) is 102 cm³/mol. The van der Waals surface area contributed by atoms with Gasteiger partial charge in [0.15, 0.2) is 0 Å². The Hall–Kier alpha value is -2.74. The number of rotatable bonds is 3. The lowest BCUT2D eigenvalue weighted by atomic mass is 10.2. The van der Waals surface area contributed by atoms with E-state index in [0.29, 0.717) is 18.8 Å². The van der Waals surface area contributed by atoms with Crippen molar-refractivity contribution >= 4 is 26.5 Å². The zero-order chi connectivity index (χ0) is 19.4. The summed E-state index contributed by atoms with van der Waals surface area (Å²) in [6, 6.07) is 12.0. The van der Waals surface area contributed by atoms with Crippen molar-refractivity contribution in [2.75, 3.05) is 18.5 Å². The van der Waals surface area contributed by atoms with Crippen molar-refractivity contribution in [2.45, 2.75) is 24.7 Å². The third-order valence-electron chi connectivity index (χ3n) is 4.30. The molecule has 3 rings (SSSR count). The van der Waals surface area contributed by atoms with Crippen LogP contribution in [0.5, 0.6) is 0 Å². The van der Waals surface area contributed by atoms with Gasteiger partial charge in [-0.05, 0) is 44.0 Å². The smallest absolute Gasteiger partial charge is 0.286 e. The number of anilines is 1. The Morgan fingerprint density at radius 1 is 1.07 bits per heavy atom. The van der Waals surface area contributed by atoms with Gasteiger partial charge in [0.2, 0.25) is 14.9 Å². The number of hydrazone groups is 1. The first-order valence-corrected chi connectivity index (χ1v) is 10.1. The van der Waals surface area contributed by atoms with Gasteiger partial charge in [-0.25, -0.2) is 12.8 Å². The van der Waals surface area contributed by atoms with Crippen LogP contribution in [0, 0.1) is 12.7 Å². The van der Waals surface area contributed by atoms with E-state index in [2.05, 4.69) is 10.5 Å². The average Bonchev–Trinajstić information content (AvgIpc) is 3.18. The Balaban J connectivity index is 2.01. The molecule has 2 aromatic rings. The molecule has 2 aromatic carbocycles. The van der Waals surface area contributed by atoms with Gasteiger partial charge in [0.1, 0.15) is 10.7 Å². The maximum absolute atomic E-state index is 14.1. The fourth-order valence-corrected chi connectivity index (χ4v) is 4.10. The van der Waals surface area contributed by atoms with Crippen LogP contribution in [-0.4, -0.2) is 37.4 Å². The van der Waals surface area contributed by atoms with Crippen molar-refractivity contribution in [3.63, 3.8) is 0 Å². The van der Waals surface area contributed by atoms with Gasteiger partial charge in [0.25, 0.3) is 5.91 Å². The summed E-state index contributed by atoms with van der Waals surface area (Å²) in [5.74, 6) is -1.65. The van der Waals surface area contributed by atoms with Crippen LogP contribution in [0.3, 0.4) is 0 Å². The number of carbonyl (C=O) groups excluding carboxylic acids is 1. The Labute approximate surface area is 157 Å². The van der Waals surface area contributed by atoms with E-state index in [1.165, 1.54) is 17.0 Å². The Morgan fingerprint density at radius 3 is 2.33 bits per heavy atom. The summed E-state index contributed by atoms with van der Waals surface area (Å²) in [6.45, 7) is 2.82. The molecular formula is C19H20FN3O3S. The van der Waals surface area contributed by atoms with Gasteiger partial charge in [-0.15, -0.1) is 0 Å². The number of sulfone groups is 1. The summed E-state index contributed by atoms with van der Waals surface area (Å²) >= 11 is 0. The number of benzene rings is 2. The normalized spacial score (nSPS) is 15.0. The lowest BCUT2D eigenvalue weighted by Crippen LogP contribution is -2.39. The summed E-state index contributed by atoms with van der Waals surface area (Å²) in [4.78, 5) is 13.7. The molecule has 6 nitrogen and oxygen atoms in total. The highest BCUT2D eigenvalue weighted by Gasteiger charge is 2.35. The monoisotopic (exact) mass is 389 g/mol. The maximum Gasteiger partial charge on any atom is 0.286 e. The second kappa shape index (κ2) is 7.87. The molecule has 142 valence electrons. The molecule has 8 heteroatoms. The molecule has 1 heterocycles. The molecule has 27 heavy (non-hydrogen) atoms. The molecule has 1 amide bonds. The van der Waals surface area contributed by atoms with Gasteiger partial charge in [0.05, 0.1) is 5.69 Å². The zero-order valence-corrected chi connectivity index (χ0v) is 15.7. The quantitative estimate of drug-likeness (QED) is 0.497. The van der Waals surface area contributed by atoms with Crippen LogP contribution in [0.25, 0.3) is 0 Å². The Bertz CT molecular complexity index is 966. The van der Waals surface area contributed by atoms with Gasteiger partial charge in [0, 0.05) is 13.1 Å². The number of amides is 1. The first kappa shape index (κ1) is 19.0. The summed E-state index contributed by atoms with van der Waals surface area (Å²) in [6.07, 6.45) is 1.59. The van der Waals surface area contributed by atoms with Crippen LogP contribution in [0.1, 0.15) is 18.4 Å². The highest BCUT2D eigenvalue weighted by Crippen LogP contribution is 2.20. The first-order valence-electron chi connectivity index (χ1n) is 8.59. The van der Waals surface area contributed by atoms with Crippen molar-refractivity contribution < 1.29 is 17.6 Å². The molecule has 1 saturated heterocycles. The number of likely N-dealkylation sites (tertiary alicyclic amines) is 1. The zero-order valence-electron chi connectivity index (χ0n) is 14.9. The van der Waals surface area contributed by atoms with E-state index in [0.717, 1.165) is 30.5 Å². The van der Waals surface area contributed by atoms with E-state index in [-0.39, 0.29) is 0 Å². The predicted octanol–water partition coefficient (Wildman–Crippen LogP) is 2.96. The molecule has 0 radical (unpaired) electrons. The minimum atomic E-state index is -4.43. The van der Waals surface area contributed by atoms with E-state index in [4.69, 9.17) is 0 Å². The molecule has 0 aliphatic carbocycles. The number of halogens is 1. The number of aryl methyl sites for hydroxylation is 1. The lowest BCUT2D eigenvalue weighted by Gasteiger charge is -2.17. The molecule has 0 spiro atoms. The van der Waals surface area contributed by atoms with Crippen LogP contribution in [0.15, 0.2) is 58.5 Å². The molecular weight excluding hydrogens is 369 g/mol. The van der Waals surface area contributed by atoms with Gasteiger partial charge >= 0.3 is 0 Å². The first-order chi connectivity index (χ1) is 12.9. The second-order valence-corrected chi connectivity index (χ2v) is 8.16. The fourth-order valence-electron chi connectivity index (χ4n) is 2.79. The number of nitrogens with zero attached hydrogens (tertiary/aromatic N) is 2. The van der Waals surface area contributed by atoms with E-state index in [1.807, 2.05) is 19.1 Å². The highest BCUT2D eigenvalue weighted by atomic mass is 32.2. The topological polar surface area (TPSA) is 78.8 Å². The fraction of sp³-hybridized carbons (Fsp3) is 0.263. The van der Waals surface area contributed by atoms with Gasteiger partial charge in [-0.2, -0.15) is 5.10 Å². The van der Waals surface area contributed by atoms with Crippen molar-refractivity contribution in [1.82, 2.24) is 4.90 Å². The number of hydrogen-bond donors (Lipinski definition) is 1. The molecule has 0 saturated carbocycles. The minimum Gasteiger partial charge on any atom is -0.337 e. The number of hydrogen-bond acceptors (Lipinski definition) is 5. The summed E-state index contributed by atoms with van der Waals surface area (Å²) in [7, 11) is -4.43. The number of nitrogens with one attached hydrogen (secondary N) is 1. The minimum absolute atomic E-state index is 0.454. The molecule has 0 unspecified atom stereocenters. The molecule has 1 N–H and O–H groups in total. The third kappa shape index (κ3) is 4.16. The van der Waals surface area contributed by atoms with Crippen LogP contribution in [-0.2, 0) is 14.6 Å². The van der Waals surface area contributed by atoms with Crippen molar-refractivity contribution in [3.8, 4) is 0 Å². The summed E-state index contributed by atoms with van der Waals surface area (Å²) in [5, 5.41) is 3.17. The summed E-state index contributed by atoms with van der Waals surface area (Å²) in [5.41, 5.74) is 4.16. The van der Waals surface area contributed by atoms with Crippen molar-refractivity contribution in [3.05, 3.63) is 59.9 Å². The van der Waals surface area contributed by atoms with Crippen LogP contribution in [0.4, 0.5) is 10.1 Å². The molecule has 0 atom stereocenters. The van der Waals surface area contributed by atoms with Gasteiger partial charge in [-0.1, -0.05) is 29.8 Å². The Kier molecular flexibility index (Phi) is 5.55. The van der Waals surface area contributed by atoms with Crippen molar-refractivity contribution in [2.24, 2.45) is 5.10 Å². The lowest BCUT2D eigenvalue weighted by molar-refractivity contribution is -0.122. The van der Waals surface area contributed by atoms with Crippen molar-refractivity contribution in [1.29, 1.82) is 0 Å². The van der Waals surface area contributed by atoms with Crippen LogP contribution in [0.2, 0.25) is 0 Å². The van der Waals surface area contributed by atoms with Crippen LogP contribution >= 0.6 is 0 Å². The molecule has 1 aliphatic heterocycles. The molecule has 1 aliphatic rings. The Morgan fingerprint density at radius 2 is 1.70 bits per heavy atom. The van der Waals surface area contributed by atoms with Gasteiger partial charge in [-0.3, -0.25) is 10.2 Å². The van der Waals surface area contributed by atoms with Crippen LogP contribution < -0.4 is 5.43 Å². The second-order valence-electron chi connectivity index (χ2n) is 6.33. The number of carbonyl (C=O) groups is 1. The molecule has 1 fully saturated rings. The highest BCUT2D eigenvalue weighted by molar-refractivity contribution is 8.08. The van der Waals surface area contributed by atoms with E-state index in [1.54, 1.807) is 12.1 Å². The molecule has 0 aromatic heterocycles. The maximum atomic E-state index is 14.1. The largest absolute Gasteiger partial charge is 0.337 e. The van der Waals surface area contributed by atoms with E-state index < -0.39 is 31.5 Å². The van der Waals surface area contributed by atoms with E-state index in [9.17, 15) is 17.6 Å². The van der Waals surface area contributed by atoms with E-state index >= 15 is 0 Å². The summed E-state index contributed by atoms with van der Waals surface area (Å²) < 4.78 is 40.1. The molecule has 0 bridgehead atoms. The average molecular weight is 389 g/mol. The third-order valence-corrected chi connectivity index (χ3v) is 5.98. The van der Waals surface area contributed by atoms with Gasteiger partial charge < -0.3 is 4.90 Å².